The SMILES string of the molecule is CSc1ccc(C2=C(CN3CCN(c4ccc(C(=O)NS(=O)(=O)c5ccc(N[C@H](CCN(C)C)CSc6ccccc6)c([N+](=O)[O-])c5)cc4)CC3)CCCC2)cc1. The van der Waals surface area contributed by atoms with Gasteiger partial charge >= 0.3 is 0 Å². The summed E-state index contributed by atoms with van der Waals surface area (Å²) in [6, 6.07) is 29.3. The van der Waals surface area contributed by atoms with Crippen molar-refractivity contribution in [3.05, 3.63) is 124 Å². The first-order valence-corrected chi connectivity index (χ1v) is 23.1. The molecule has 0 aromatic heterocycles. The second-order valence-electron chi connectivity index (χ2n) is 14.8. The number of nitrogens with zero attached hydrogens (tertiary/aromatic N) is 4. The molecule has 1 heterocycles. The third-order valence-electron chi connectivity index (χ3n) is 10.5. The number of thioether (sulfide) groups is 2. The van der Waals surface area contributed by atoms with Gasteiger partial charge in [0.25, 0.3) is 21.6 Å². The van der Waals surface area contributed by atoms with Gasteiger partial charge in [-0.1, -0.05) is 35.9 Å². The lowest BCUT2D eigenvalue weighted by Crippen LogP contribution is -2.47. The number of benzene rings is 4. The van der Waals surface area contributed by atoms with Crippen LogP contribution >= 0.6 is 23.5 Å². The summed E-state index contributed by atoms with van der Waals surface area (Å²) in [6.07, 6.45) is 7.56. The third-order valence-corrected chi connectivity index (χ3v) is 13.7. The fourth-order valence-corrected chi connectivity index (χ4v) is 9.67. The third kappa shape index (κ3) is 11.6. The van der Waals surface area contributed by atoms with E-state index >= 15 is 0 Å². The maximum Gasteiger partial charge on any atom is 0.293 e. The van der Waals surface area contributed by atoms with Gasteiger partial charge < -0.3 is 15.1 Å². The van der Waals surface area contributed by atoms with Crippen molar-refractivity contribution < 1.29 is 18.1 Å². The molecule has 4 aromatic rings. The number of nitro benzene ring substituents is 1. The quantitative estimate of drug-likeness (QED) is 0.0609. The highest BCUT2D eigenvalue weighted by atomic mass is 32.2. The molecule has 1 aliphatic heterocycles. The van der Waals surface area contributed by atoms with Crippen LogP contribution in [0.4, 0.5) is 17.1 Å². The number of carbonyl (C=O) groups excluding carboxylic acids is 1. The van der Waals surface area contributed by atoms with Crippen LogP contribution in [0, 0.1) is 10.1 Å². The Hall–Kier alpha value is -4.34. The van der Waals surface area contributed by atoms with Crippen LogP contribution in [-0.2, 0) is 10.0 Å². The lowest BCUT2D eigenvalue weighted by Gasteiger charge is -2.37. The van der Waals surface area contributed by atoms with Gasteiger partial charge in [-0.3, -0.25) is 19.8 Å². The first-order chi connectivity index (χ1) is 27.5. The summed E-state index contributed by atoms with van der Waals surface area (Å²) in [5.41, 5.74) is 5.38. The van der Waals surface area contributed by atoms with E-state index in [0.29, 0.717) is 12.2 Å². The average Bonchev–Trinajstić information content (AvgIpc) is 3.22. The summed E-state index contributed by atoms with van der Waals surface area (Å²) in [5.74, 6) is -0.161. The largest absolute Gasteiger partial charge is 0.376 e. The number of piperazine rings is 1. The van der Waals surface area contributed by atoms with E-state index in [2.05, 4.69) is 50.4 Å². The maximum atomic E-state index is 13.4. The van der Waals surface area contributed by atoms with E-state index in [1.807, 2.05) is 61.5 Å². The molecule has 11 nitrogen and oxygen atoms in total. The lowest BCUT2D eigenvalue weighted by atomic mass is 9.87. The number of amides is 1. The topological polar surface area (TPSA) is 128 Å². The number of hydrogen-bond donors (Lipinski definition) is 2. The summed E-state index contributed by atoms with van der Waals surface area (Å²) in [7, 11) is -0.485. The number of nitro groups is 1. The van der Waals surface area contributed by atoms with Crippen molar-refractivity contribution >= 4 is 62.1 Å². The van der Waals surface area contributed by atoms with Crippen LogP contribution in [0.2, 0.25) is 0 Å². The zero-order chi connectivity index (χ0) is 40.4. The lowest BCUT2D eigenvalue weighted by molar-refractivity contribution is -0.384. The van der Waals surface area contributed by atoms with Crippen LogP contribution < -0.4 is 14.9 Å². The Morgan fingerprint density at radius 3 is 2.26 bits per heavy atom. The minimum Gasteiger partial charge on any atom is -0.376 e. The molecule has 1 amide bonds. The molecule has 0 unspecified atom stereocenters. The summed E-state index contributed by atoms with van der Waals surface area (Å²) in [5, 5.41) is 15.5. The van der Waals surface area contributed by atoms with Gasteiger partial charge in [-0.15, -0.1) is 23.5 Å². The first kappa shape index (κ1) is 42.3. The van der Waals surface area contributed by atoms with Gasteiger partial charge in [0, 0.05) is 71.6 Å². The normalized spacial score (nSPS) is 15.8. The Bertz CT molecular complexity index is 2120. The molecule has 57 heavy (non-hydrogen) atoms. The molecule has 302 valence electrons. The first-order valence-electron chi connectivity index (χ1n) is 19.4. The molecule has 14 heteroatoms. The predicted octanol–water partition coefficient (Wildman–Crippen LogP) is 8.11. The van der Waals surface area contributed by atoms with E-state index in [1.54, 1.807) is 41.2 Å². The number of sulfonamides is 1. The van der Waals surface area contributed by atoms with Crippen LogP contribution in [0.1, 0.15) is 48.0 Å². The maximum absolute atomic E-state index is 13.4. The summed E-state index contributed by atoms with van der Waals surface area (Å²) in [4.78, 5) is 33.6. The molecule has 0 bridgehead atoms. The molecular formula is C43H52N6O5S3. The van der Waals surface area contributed by atoms with E-state index in [4.69, 9.17) is 0 Å². The highest BCUT2D eigenvalue weighted by Gasteiger charge is 2.26. The van der Waals surface area contributed by atoms with Crippen molar-refractivity contribution in [3.63, 3.8) is 0 Å². The Kier molecular flexibility index (Phi) is 14.7. The zero-order valence-corrected chi connectivity index (χ0v) is 35.3. The molecule has 1 aliphatic carbocycles. The number of hydrogen-bond acceptors (Lipinski definition) is 11. The highest BCUT2D eigenvalue weighted by Crippen LogP contribution is 2.34. The Morgan fingerprint density at radius 2 is 1.60 bits per heavy atom. The predicted molar refractivity (Wildman–Crippen MR) is 234 cm³/mol. The highest BCUT2D eigenvalue weighted by molar-refractivity contribution is 7.99. The van der Waals surface area contributed by atoms with Crippen LogP contribution in [0.15, 0.2) is 117 Å². The van der Waals surface area contributed by atoms with Gasteiger partial charge in [0.05, 0.1) is 9.82 Å². The van der Waals surface area contributed by atoms with Gasteiger partial charge in [0.1, 0.15) is 5.69 Å². The Morgan fingerprint density at radius 1 is 0.895 bits per heavy atom. The van der Waals surface area contributed by atoms with E-state index in [0.717, 1.165) is 68.8 Å². The molecule has 0 spiro atoms. The number of anilines is 2. The summed E-state index contributed by atoms with van der Waals surface area (Å²) in [6.45, 7) is 5.27. The minimum absolute atomic E-state index is 0.133. The van der Waals surface area contributed by atoms with Gasteiger partial charge in [-0.2, -0.15) is 0 Å². The standard InChI is InChI=1S/C43H52N6O5S3/c1-46(2)24-23-35(31-56-38-10-5-4-6-11-38)44-41-22-21-39(29-42(41)49(51)52)57(53,54)45-43(50)33-13-17-36(18-14-33)48-27-25-47(26-28-48)30-34-9-7-8-12-40(34)32-15-19-37(55-3)20-16-32/h4-6,10-11,13-22,29,35,44H,7-9,12,23-28,30-31H2,1-3H3,(H,45,50)/t35-/m1/s1. The van der Waals surface area contributed by atoms with Gasteiger partial charge in [-0.05, 0) is 131 Å². The van der Waals surface area contributed by atoms with Crippen LogP contribution in [0.5, 0.6) is 0 Å². The fraction of sp³-hybridized carbons (Fsp3) is 0.372. The molecule has 1 atom stereocenters. The van der Waals surface area contributed by atoms with Crippen molar-refractivity contribution in [1.82, 2.24) is 14.5 Å². The number of allylic oxidation sites excluding steroid dienone is 1. The van der Waals surface area contributed by atoms with E-state index in [9.17, 15) is 23.3 Å². The van der Waals surface area contributed by atoms with Gasteiger partial charge in [-0.25, -0.2) is 13.1 Å². The number of nitrogens with one attached hydrogen (secondary N) is 2. The average molecular weight is 829 g/mol. The molecule has 6 rings (SSSR count). The minimum atomic E-state index is -4.41. The molecule has 0 saturated carbocycles. The zero-order valence-electron chi connectivity index (χ0n) is 32.9. The molecule has 1 saturated heterocycles. The molecule has 2 N–H and O–H groups in total. The molecule has 2 aliphatic rings. The molecule has 0 radical (unpaired) electrons. The van der Waals surface area contributed by atoms with Crippen molar-refractivity contribution in [2.24, 2.45) is 0 Å². The second kappa shape index (κ2) is 19.9. The van der Waals surface area contributed by atoms with Gasteiger partial charge in [0.15, 0.2) is 0 Å². The number of carbonyl (C=O) groups is 1. The van der Waals surface area contributed by atoms with E-state index in [-0.39, 0.29) is 27.9 Å². The van der Waals surface area contributed by atoms with Crippen LogP contribution in [-0.4, -0.2) is 100 Å². The molecule has 4 aromatic carbocycles. The van der Waals surface area contributed by atoms with Crippen molar-refractivity contribution in [2.45, 2.75) is 52.8 Å². The Balaban J connectivity index is 1.05. The second-order valence-corrected chi connectivity index (χ2v) is 18.4. The fourth-order valence-electron chi connectivity index (χ4n) is 7.28. The van der Waals surface area contributed by atoms with E-state index in [1.165, 1.54) is 41.0 Å². The summed E-state index contributed by atoms with van der Waals surface area (Å²) < 4.78 is 28.9. The monoisotopic (exact) mass is 828 g/mol. The van der Waals surface area contributed by atoms with Crippen molar-refractivity contribution in [2.75, 3.05) is 75.6 Å². The molecular weight excluding hydrogens is 777 g/mol. The van der Waals surface area contributed by atoms with Gasteiger partial charge in [0.2, 0.25) is 0 Å². The van der Waals surface area contributed by atoms with E-state index < -0.39 is 20.9 Å². The van der Waals surface area contributed by atoms with Crippen molar-refractivity contribution in [1.29, 1.82) is 0 Å². The van der Waals surface area contributed by atoms with Crippen LogP contribution in [0.25, 0.3) is 5.57 Å². The summed E-state index contributed by atoms with van der Waals surface area (Å²) >= 11 is 3.40. The Labute approximate surface area is 345 Å². The number of rotatable bonds is 17. The van der Waals surface area contributed by atoms with Crippen molar-refractivity contribution in [3.8, 4) is 0 Å². The smallest absolute Gasteiger partial charge is 0.293 e. The molecule has 1 fully saturated rings. The van der Waals surface area contributed by atoms with Crippen LogP contribution in [0.3, 0.4) is 0 Å².